The highest BCUT2D eigenvalue weighted by Crippen LogP contribution is 2.18. The number of nitrogens with one attached hydrogen (secondary N) is 1. The number of aryl methyl sites for hydroxylation is 2. The zero-order valence-electron chi connectivity index (χ0n) is 18.3. The molecule has 0 radical (unpaired) electrons. The molecule has 1 aliphatic rings. The van der Waals surface area contributed by atoms with E-state index in [1.165, 1.54) is 12.7 Å². The smallest absolute Gasteiger partial charge is 0.308 e. The van der Waals surface area contributed by atoms with E-state index < -0.39 is 0 Å². The highest BCUT2D eigenvalue weighted by Gasteiger charge is 2.26. The lowest BCUT2D eigenvalue weighted by Crippen LogP contribution is -2.46. The number of ether oxygens (including phenoxy) is 1. The van der Waals surface area contributed by atoms with Crippen molar-refractivity contribution < 1.29 is 9.53 Å². The summed E-state index contributed by atoms with van der Waals surface area (Å²) in [5, 5.41) is 8.04. The molecule has 1 saturated heterocycles. The minimum absolute atomic E-state index is 0.0123. The van der Waals surface area contributed by atoms with Gasteiger partial charge in [0.15, 0.2) is 5.96 Å². The van der Waals surface area contributed by atoms with E-state index in [1.54, 1.807) is 0 Å². The fourth-order valence-corrected chi connectivity index (χ4v) is 3.83. The first-order valence-electron chi connectivity index (χ1n) is 10.8. The Kier molecular flexibility index (Phi) is 7.88. The molecule has 0 spiro atoms. The van der Waals surface area contributed by atoms with Gasteiger partial charge in [0.25, 0.3) is 0 Å². The van der Waals surface area contributed by atoms with Gasteiger partial charge in [-0.2, -0.15) is 5.10 Å². The Morgan fingerprint density at radius 1 is 1.27 bits per heavy atom. The number of piperidine rings is 1. The van der Waals surface area contributed by atoms with E-state index in [-0.39, 0.29) is 11.9 Å². The van der Waals surface area contributed by atoms with Crippen LogP contribution < -0.4 is 5.32 Å². The van der Waals surface area contributed by atoms with Crippen LogP contribution in [-0.4, -0.2) is 59.9 Å². The number of carbonyl (C=O) groups is 1. The lowest BCUT2D eigenvalue weighted by Gasteiger charge is -2.33. The van der Waals surface area contributed by atoms with Crippen LogP contribution in [0.25, 0.3) is 5.69 Å². The Bertz CT molecular complexity index is 839. The quantitative estimate of drug-likeness (QED) is 0.328. The van der Waals surface area contributed by atoms with Crippen LogP contribution in [0.15, 0.2) is 41.5 Å². The number of para-hydroxylation sites is 1. The first kappa shape index (κ1) is 21.9. The zero-order valence-corrected chi connectivity index (χ0v) is 18.3. The number of aromatic nitrogens is 2. The molecule has 1 N–H and O–H groups in total. The largest absolute Gasteiger partial charge is 0.469 e. The maximum atomic E-state index is 11.7. The maximum Gasteiger partial charge on any atom is 0.308 e. The number of hydrogen-bond acceptors (Lipinski definition) is 4. The van der Waals surface area contributed by atoms with Gasteiger partial charge in [-0.15, -0.1) is 0 Å². The summed E-state index contributed by atoms with van der Waals surface area (Å²) in [6.45, 7) is 7.39. The number of esters is 1. The van der Waals surface area contributed by atoms with Gasteiger partial charge in [-0.3, -0.25) is 9.79 Å². The number of nitrogens with zero attached hydrogens (tertiary/aromatic N) is 4. The molecule has 1 aliphatic heterocycles. The SMILES string of the molecule is CCNC(=NCCCc1cn(-c2ccccc2)nc1C)N1CCC(C(=O)OC)CC1. The highest BCUT2D eigenvalue weighted by atomic mass is 16.5. The molecule has 0 bridgehead atoms. The maximum absolute atomic E-state index is 11.7. The van der Waals surface area contributed by atoms with Gasteiger partial charge in [-0.1, -0.05) is 18.2 Å². The predicted octanol–water partition coefficient (Wildman–Crippen LogP) is 2.96. The minimum Gasteiger partial charge on any atom is -0.469 e. The molecule has 0 amide bonds. The molecule has 0 atom stereocenters. The Balaban J connectivity index is 1.53. The van der Waals surface area contributed by atoms with Gasteiger partial charge >= 0.3 is 5.97 Å². The standard InChI is InChI=1S/C23H33N5O2/c1-4-24-23(27-15-12-19(13-16-27)22(29)30-3)25-14-8-9-20-17-28(26-18(20)2)21-10-6-5-7-11-21/h5-7,10-11,17,19H,4,8-9,12-16H2,1-3H3,(H,24,25). The van der Waals surface area contributed by atoms with Crippen molar-refractivity contribution in [1.82, 2.24) is 20.0 Å². The molecule has 2 heterocycles. The summed E-state index contributed by atoms with van der Waals surface area (Å²) >= 11 is 0. The number of carbonyl (C=O) groups excluding carboxylic acids is 1. The fourth-order valence-electron chi connectivity index (χ4n) is 3.83. The van der Waals surface area contributed by atoms with Crippen LogP contribution in [0.5, 0.6) is 0 Å². The van der Waals surface area contributed by atoms with Crippen LogP contribution in [0.3, 0.4) is 0 Å². The van der Waals surface area contributed by atoms with Crippen molar-refractivity contribution in [2.45, 2.75) is 39.5 Å². The number of guanidine groups is 1. The number of likely N-dealkylation sites (tertiary alicyclic amines) is 1. The second-order valence-electron chi connectivity index (χ2n) is 7.64. The zero-order chi connectivity index (χ0) is 21.3. The van der Waals surface area contributed by atoms with Crippen LogP contribution >= 0.6 is 0 Å². The third-order valence-electron chi connectivity index (χ3n) is 5.55. The van der Waals surface area contributed by atoms with Crippen LogP contribution in [0.1, 0.15) is 37.4 Å². The van der Waals surface area contributed by atoms with Crippen molar-refractivity contribution in [3.63, 3.8) is 0 Å². The summed E-state index contributed by atoms with van der Waals surface area (Å²) in [6.07, 6.45) is 5.67. The number of hydrogen-bond donors (Lipinski definition) is 1. The first-order chi connectivity index (χ1) is 14.6. The molecule has 1 aromatic carbocycles. The molecule has 30 heavy (non-hydrogen) atoms. The lowest BCUT2D eigenvalue weighted by atomic mass is 9.97. The molecule has 1 aromatic heterocycles. The normalized spacial score (nSPS) is 15.3. The van der Waals surface area contributed by atoms with Crippen molar-refractivity contribution in [3.05, 3.63) is 47.8 Å². The molecule has 0 unspecified atom stereocenters. The molecule has 1 fully saturated rings. The average molecular weight is 412 g/mol. The molecule has 3 rings (SSSR count). The van der Waals surface area contributed by atoms with Crippen molar-refractivity contribution in [2.75, 3.05) is 33.3 Å². The van der Waals surface area contributed by atoms with Gasteiger partial charge < -0.3 is 15.0 Å². The van der Waals surface area contributed by atoms with E-state index in [4.69, 9.17) is 9.73 Å². The lowest BCUT2D eigenvalue weighted by molar-refractivity contribution is -0.146. The fraction of sp³-hybridized carbons (Fsp3) is 0.522. The third-order valence-corrected chi connectivity index (χ3v) is 5.55. The number of benzene rings is 1. The topological polar surface area (TPSA) is 71.8 Å². The first-order valence-corrected chi connectivity index (χ1v) is 10.8. The van der Waals surface area contributed by atoms with Crippen LogP contribution in [-0.2, 0) is 16.0 Å². The van der Waals surface area contributed by atoms with Gasteiger partial charge in [-0.25, -0.2) is 4.68 Å². The highest BCUT2D eigenvalue weighted by molar-refractivity contribution is 5.80. The van der Waals surface area contributed by atoms with E-state index in [2.05, 4.69) is 47.5 Å². The Morgan fingerprint density at radius 3 is 2.67 bits per heavy atom. The summed E-state index contributed by atoms with van der Waals surface area (Å²) in [7, 11) is 1.46. The van der Waals surface area contributed by atoms with Gasteiger partial charge in [0, 0.05) is 32.4 Å². The summed E-state index contributed by atoms with van der Waals surface area (Å²) in [6, 6.07) is 10.2. The van der Waals surface area contributed by atoms with Gasteiger partial charge in [0.1, 0.15) is 0 Å². The molecule has 2 aromatic rings. The summed E-state index contributed by atoms with van der Waals surface area (Å²) in [5.41, 5.74) is 3.41. The summed E-state index contributed by atoms with van der Waals surface area (Å²) in [4.78, 5) is 18.8. The van der Waals surface area contributed by atoms with Crippen molar-refractivity contribution in [1.29, 1.82) is 0 Å². The second-order valence-corrected chi connectivity index (χ2v) is 7.64. The average Bonchev–Trinajstić information content (AvgIpc) is 3.16. The number of rotatable bonds is 7. The van der Waals surface area contributed by atoms with E-state index in [0.717, 1.165) is 69.2 Å². The summed E-state index contributed by atoms with van der Waals surface area (Å²) in [5.74, 6) is 0.860. The summed E-state index contributed by atoms with van der Waals surface area (Å²) < 4.78 is 6.83. The van der Waals surface area contributed by atoms with Crippen molar-refractivity contribution in [2.24, 2.45) is 10.9 Å². The van der Waals surface area contributed by atoms with E-state index in [9.17, 15) is 4.79 Å². The molecule has 7 heteroatoms. The molecule has 7 nitrogen and oxygen atoms in total. The molecule has 0 saturated carbocycles. The number of methoxy groups -OCH3 is 1. The van der Waals surface area contributed by atoms with Crippen molar-refractivity contribution in [3.8, 4) is 5.69 Å². The number of aliphatic imine (C=N–C) groups is 1. The molecule has 0 aliphatic carbocycles. The Hall–Kier alpha value is -2.83. The van der Waals surface area contributed by atoms with Crippen LogP contribution in [0.2, 0.25) is 0 Å². The van der Waals surface area contributed by atoms with Gasteiger partial charge in [0.05, 0.1) is 24.4 Å². The van der Waals surface area contributed by atoms with Crippen molar-refractivity contribution >= 4 is 11.9 Å². The molecular formula is C23H33N5O2. The van der Waals surface area contributed by atoms with Gasteiger partial charge in [0.2, 0.25) is 0 Å². The Labute approximate surface area is 179 Å². The monoisotopic (exact) mass is 411 g/mol. The van der Waals surface area contributed by atoms with E-state index in [1.807, 2.05) is 22.9 Å². The van der Waals surface area contributed by atoms with Crippen LogP contribution in [0, 0.1) is 12.8 Å². The van der Waals surface area contributed by atoms with E-state index >= 15 is 0 Å². The third kappa shape index (κ3) is 5.62. The van der Waals surface area contributed by atoms with Gasteiger partial charge in [-0.05, 0) is 57.2 Å². The molecular weight excluding hydrogens is 378 g/mol. The Morgan fingerprint density at radius 2 is 2.00 bits per heavy atom. The van der Waals surface area contributed by atoms with E-state index in [0.29, 0.717) is 0 Å². The second kappa shape index (κ2) is 10.8. The predicted molar refractivity (Wildman–Crippen MR) is 119 cm³/mol. The minimum atomic E-state index is -0.0944. The molecule has 162 valence electrons. The van der Waals surface area contributed by atoms with Crippen LogP contribution in [0.4, 0.5) is 0 Å².